The summed E-state index contributed by atoms with van der Waals surface area (Å²) >= 11 is 9.47. The summed E-state index contributed by atoms with van der Waals surface area (Å²) in [5.41, 5.74) is 0. The molecule has 0 aromatic rings. The topological polar surface area (TPSA) is 52.6 Å². The van der Waals surface area contributed by atoms with Crippen LogP contribution in [0.25, 0.3) is 0 Å². The quantitative estimate of drug-likeness (QED) is 0.0302. The molecule has 0 aliphatic heterocycles. The van der Waals surface area contributed by atoms with Gasteiger partial charge >= 0.3 is 31.4 Å². The number of unbranched alkanes of at least 4 members (excludes halogenated alkanes) is 24. The molecule has 0 fully saturated rings. The Balaban J connectivity index is -0.000000727. The standard InChI is InChI=1S/2C18H36O2S.Zn/c2*1-2-3-4-5-6-7-8-9-10-11-12-13-14-16-20-18(19)15-17-21;/h2*21H,2-17H2,1H3;/q;;+2/p-2. The molecule has 0 aliphatic rings. The van der Waals surface area contributed by atoms with E-state index < -0.39 is 0 Å². The van der Waals surface area contributed by atoms with Crippen molar-refractivity contribution < 1.29 is 38.5 Å². The summed E-state index contributed by atoms with van der Waals surface area (Å²) in [6, 6.07) is 0. The molecular formula is C36H70O4S2Zn. The van der Waals surface area contributed by atoms with Gasteiger partial charge < -0.3 is 34.7 Å². The molecule has 0 atom stereocenters. The van der Waals surface area contributed by atoms with Gasteiger partial charge in [-0.1, -0.05) is 168 Å². The molecule has 0 unspecified atom stereocenters. The predicted octanol–water partition coefficient (Wildman–Crippen LogP) is 11.1. The summed E-state index contributed by atoms with van der Waals surface area (Å²) < 4.78 is 10.2. The molecule has 0 heterocycles. The normalized spacial score (nSPS) is 10.5. The molecule has 0 aromatic carbocycles. The third-order valence-corrected chi connectivity index (χ3v) is 8.04. The first-order valence-electron chi connectivity index (χ1n) is 18.1. The van der Waals surface area contributed by atoms with Gasteiger partial charge in [-0.25, -0.2) is 0 Å². The molecule has 0 saturated carbocycles. The van der Waals surface area contributed by atoms with Gasteiger partial charge in [0.15, 0.2) is 0 Å². The molecule has 252 valence electrons. The Morgan fingerprint density at radius 2 is 0.605 bits per heavy atom. The van der Waals surface area contributed by atoms with Gasteiger partial charge in [-0.3, -0.25) is 9.59 Å². The molecule has 0 N–H and O–H groups in total. The van der Waals surface area contributed by atoms with Crippen LogP contribution in [0.5, 0.6) is 0 Å². The van der Waals surface area contributed by atoms with Gasteiger partial charge in [0, 0.05) is 12.8 Å². The average Bonchev–Trinajstić information content (AvgIpc) is 2.98. The maximum atomic E-state index is 11.1. The van der Waals surface area contributed by atoms with Gasteiger partial charge in [0.25, 0.3) is 0 Å². The molecule has 0 radical (unpaired) electrons. The van der Waals surface area contributed by atoms with Crippen molar-refractivity contribution in [3.63, 3.8) is 0 Å². The van der Waals surface area contributed by atoms with Crippen molar-refractivity contribution in [2.75, 3.05) is 24.7 Å². The average molecular weight is 696 g/mol. The summed E-state index contributed by atoms with van der Waals surface area (Å²) in [6.45, 7) is 5.69. The van der Waals surface area contributed by atoms with E-state index in [0.29, 0.717) is 37.6 Å². The fourth-order valence-corrected chi connectivity index (χ4v) is 5.26. The number of esters is 2. The second-order valence-corrected chi connectivity index (χ2v) is 12.7. The first kappa shape index (κ1) is 47.7. The molecule has 7 heteroatoms. The van der Waals surface area contributed by atoms with E-state index >= 15 is 0 Å². The summed E-state index contributed by atoms with van der Waals surface area (Å²) in [5, 5.41) is 0. The van der Waals surface area contributed by atoms with E-state index in [1.54, 1.807) is 0 Å². The number of hydrogen-bond donors (Lipinski definition) is 0. The minimum absolute atomic E-state index is 0. The molecule has 0 saturated heterocycles. The Morgan fingerprint density at radius 3 is 0.814 bits per heavy atom. The smallest absolute Gasteiger partial charge is 0.792 e. The van der Waals surface area contributed by atoms with Crippen molar-refractivity contribution >= 4 is 37.2 Å². The van der Waals surface area contributed by atoms with Gasteiger partial charge in [-0.05, 0) is 12.8 Å². The number of rotatable bonds is 32. The molecule has 43 heavy (non-hydrogen) atoms. The van der Waals surface area contributed by atoms with Crippen LogP contribution >= 0.6 is 0 Å². The molecule has 0 bridgehead atoms. The van der Waals surface area contributed by atoms with Gasteiger partial charge in [0.05, 0.1) is 13.2 Å². The minimum atomic E-state index is -0.135. The minimum Gasteiger partial charge on any atom is -0.792 e. The van der Waals surface area contributed by atoms with E-state index in [1.807, 2.05) is 0 Å². The first-order valence-corrected chi connectivity index (χ1v) is 19.2. The number of hydrogen-bond acceptors (Lipinski definition) is 6. The van der Waals surface area contributed by atoms with Gasteiger partial charge in [0.2, 0.25) is 0 Å². The van der Waals surface area contributed by atoms with Crippen molar-refractivity contribution in [2.24, 2.45) is 0 Å². The first-order chi connectivity index (χ1) is 20.6. The largest absolute Gasteiger partial charge is 2.00 e. The maximum Gasteiger partial charge on any atom is 2.00 e. The van der Waals surface area contributed by atoms with Crippen LogP contribution in [-0.2, 0) is 63.8 Å². The molecule has 0 aromatic heterocycles. The van der Waals surface area contributed by atoms with Crippen molar-refractivity contribution in [3.8, 4) is 0 Å². The van der Waals surface area contributed by atoms with Crippen LogP contribution in [0.2, 0.25) is 0 Å². The SMILES string of the molecule is CCCCCCCCCCCCCCCOC(=O)CC[S-].CCCCCCCCCCCCCCCOC(=O)CC[S-].[Zn+2]. The van der Waals surface area contributed by atoms with Crippen LogP contribution in [0.1, 0.15) is 194 Å². The van der Waals surface area contributed by atoms with Crippen LogP contribution in [0, 0.1) is 0 Å². The Hall–Kier alpha value is 0.263. The van der Waals surface area contributed by atoms with Crippen LogP contribution in [-0.4, -0.2) is 36.7 Å². The zero-order chi connectivity index (χ0) is 31.2. The second-order valence-electron chi connectivity index (χ2n) is 11.8. The summed E-state index contributed by atoms with van der Waals surface area (Å²) in [4.78, 5) is 22.1. The number of carbonyl (C=O) groups excluding carboxylic acids is 2. The second kappa shape index (κ2) is 44.4. The Morgan fingerprint density at radius 1 is 0.395 bits per heavy atom. The Bertz CT molecular complexity index is 491. The van der Waals surface area contributed by atoms with Crippen LogP contribution < -0.4 is 0 Å². The molecular weight excluding hydrogens is 626 g/mol. The van der Waals surface area contributed by atoms with E-state index in [0.717, 1.165) is 12.8 Å². The molecule has 0 spiro atoms. The number of ether oxygens (including phenoxy) is 2. The zero-order valence-electron chi connectivity index (χ0n) is 28.8. The van der Waals surface area contributed by atoms with Crippen LogP contribution in [0.15, 0.2) is 0 Å². The molecule has 0 amide bonds. The van der Waals surface area contributed by atoms with E-state index in [4.69, 9.17) is 34.7 Å². The van der Waals surface area contributed by atoms with E-state index in [2.05, 4.69) is 13.8 Å². The van der Waals surface area contributed by atoms with Gasteiger partial charge in [0.1, 0.15) is 0 Å². The molecule has 0 rings (SSSR count). The van der Waals surface area contributed by atoms with Gasteiger partial charge in [-0.15, -0.1) is 0 Å². The third kappa shape index (κ3) is 46.8. The van der Waals surface area contributed by atoms with E-state index in [9.17, 15) is 9.59 Å². The monoisotopic (exact) mass is 694 g/mol. The van der Waals surface area contributed by atoms with Crippen LogP contribution in [0.4, 0.5) is 0 Å². The van der Waals surface area contributed by atoms with Crippen molar-refractivity contribution in [2.45, 2.75) is 194 Å². The summed E-state index contributed by atoms with van der Waals surface area (Å²) in [5.74, 6) is 0.669. The van der Waals surface area contributed by atoms with E-state index in [-0.39, 0.29) is 31.4 Å². The van der Waals surface area contributed by atoms with Crippen molar-refractivity contribution in [1.82, 2.24) is 0 Å². The van der Waals surface area contributed by atoms with Crippen molar-refractivity contribution in [1.29, 1.82) is 0 Å². The molecule has 0 aliphatic carbocycles. The zero-order valence-corrected chi connectivity index (χ0v) is 33.4. The van der Waals surface area contributed by atoms with E-state index in [1.165, 1.54) is 154 Å². The Kier molecular flexibility index (Phi) is 49.2. The third-order valence-electron chi connectivity index (χ3n) is 7.63. The fourth-order valence-electron chi connectivity index (χ4n) is 4.92. The fraction of sp³-hybridized carbons (Fsp3) is 0.944. The maximum absolute atomic E-state index is 11.1. The summed E-state index contributed by atoms with van der Waals surface area (Å²) in [6.07, 6.45) is 35.5. The van der Waals surface area contributed by atoms with Crippen molar-refractivity contribution in [3.05, 3.63) is 0 Å². The van der Waals surface area contributed by atoms with Gasteiger partial charge in [-0.2, -0.15) is 11.5 Å². The molecule has 4 nitrogen and oxygen atoms in total. The number of carbonyl (C=O) groups is 2. The summed E-state index contributed by atoms with van der Waals surface area (Å²) in [7, 11) is 0. The predicted molar refractivity (Wildman–Crippen MR) is 187 cm³/mol. The van der Waals surface area contributed by atoms with Crippen LogP contribution in [0.3, 0.4) is 0 Å². The Labute approximate surface area is 292 Å².